The molecule has 2 aliphatic rings. The topological polar surface area (TPSA) is 62.2 Å². The Morgan fingerprint density at radius 1 is 1.14 bits per heavy atom. The molecule has 0 aromatic heterocycles. The van der Waals surface area contributed by atoms with Crippen LogP contribution in [0.5, 0.6) is 0 Å². The van der Waals surface area contributed by atoms with Gasteiger partial charge < -0.3 is 4.74 Å². The molecule has 0 saturated carbocycles. The van der Waals surface area contributed by atoms with E-state index in [-0.39, 0.29) is 17.6 Å². The lowest BCUT2D eigenvalue weighted by molar-refractivity contribution is -0.134. The summed E-state index contributed by atoms with van der Waals surface area (Å²) in [6.07, 6.45) is 0. The SMILES string of the molecule is CCOC(=O)C1=NN(c2ccc(C)cc2)[C@]2(SCC(=O)N2c2ccccc2)S1. The van der Waals surface area contributed by atoms with Crippen molar-refractivity contribution in [1.29, 1.82) is 0 Å². The number of esters is 1. The van der Waals surface area contributed by atoms with Crippen molar-refractivity contribution in [2.45, 2.75) is 18.2 Å². The Balaban J connectivity index is 1.82. The van der Waals surface area contributed by atoms with Crippen LogP contribution in [0.1, 0.15) is 12.5 Å². The van der Waals surface area contributed by atoms with Crippen molar-refractivity contribution in [3.63, 3.8) is 0 Å². The summed E-state index contributed by atoms with van der Waals surface area (Å²) in [7, 11) is 0. The molecule has 0 unspecified atom stereocenters. The number of ether oxygens (including phenoxy) is 1. The molecule has 2 aliphatic heterocycles. The van der Waals surface area contributed by atoms with E-state index < -0.39 is 10.3 Å². The van der Waals surface area contributed by atoms with Gasteiger partial charge in [0.05, 0.1) is 18.0 Å². The van der Waals surface area contributed by atoms with E-state index in [0.29, 0.717) is 5.75 Å². The lowest BCUT2D eigenvalue weighted by Crippen LogP contribution is -2.51. The maximum atomic E-state index is 12.9. The standard InChI is InChI=1S/C20H19N3O3S2/c1-3-26-19(25)18-21-23(16-11-9-14(2)10-12-16)20(28-18)22(17(24)13-27-20)15-7-5-4-6-8-15/h4-12H,3,13H2,1-2H3/t20-/m1/s1. The second kappa shape index (κ2) is 7.52. The number of benzene rings is 2. The summed E-state index contributed by atoms with van der Waals surface area (Å²) < 4.78 is 4.26. The Morgan fingerprint density at radius 2 is 1.86 bits per heavy atom. The van der Waals surface area contributed by atoms with Gasteiger partial charge >= 0.3 is 5.97 Å². The van der Waals surface area contributed by atoms with Crippen LogP contribution >= 0.6 is 23.5 Å². The molecule has 0 N–H and O–H groups in total. The van der Waals surface area contributed by atoms with Crippen LogP contribution in [0, 0.1) is 6.92 Å². The fraction of sp³-hybridized carbons (Fsp3) is 0.250. The summed E-state index contributed by atoms with van der Waals surface area (Å²) in [6, 6.07) is 17.3. The van der Waals surface area contributed by atoms with Gasteiger partial charge in [-0.05, 0) is 49.9 Å². The summed E-state index contributed by atoms with van der Waals surface area (Å²) in [5.41, 5.74) is 2.69. The Hall–Kier alpha value is -2.45. The van der Waals surface area contributed by atoms with Crippen molar-refractivity contribution in [2.75, 3.05) is 22.3 Å². The second-order valence-corrected chi connectivity index (χ2v) is 8.84. The molecule has 2 aromatic carbocycles. The van der Waals surface area contributed by atoms with Gasteiger partial charge in [-0.15, -0.1) is 0 Å². The molecule has 0 bridgehead atoms. The van der Waals surface area contributed by atoms with E-state index in [1.165, 1.54) is 23.5 Å². The summed E-state index contributed by atoms with van der Waals surface area (Å²) in [6.45, 7) is 4.04. The number of carbonyl (C=O) groups excluding carboxylic acids is 2. The molecule has 1 atom stereocenters. The van der Waals surface area contributed by atoms with Crippen molar-refractivity contribution in [3.8, 4) is 0 Å². The van der Waals surface area contributed by atoms with Gasteiger partial charge in [0.25, 0.3) is 0 Å². The van der Waals surface area contributed by atoms with Crippen LogP contribution in [0.2, 0.25) is 0 Å². The number of para-hydroxylation sites is 1. The van der Waals surface area contributed by atoms with Gasteiger partial charge in [0.2, 0.25) is 15.3 Å². The third-order valence-corrected chi connectivity index (χ3v) is 7.14. The van der Waals surface area contributed by atoms with Crippen molar-refractivity contribution in [2.24, 2.45) is 5.10 Å². The molecule has 2 aromatic rings. The zero-order valence-electron chi connectivity index (χ0n) is 15.5. The molecule has 1 saturated heterocycles. The van der Waals surface area contributed by atoms with Crippen LogP contribution in [-0.2, 0) is 14.3 Å². The number of aryl methyl sites for hydroxylation is 1. The van der Waals surface area contributed by atoms with Crippen molar-refractivity contribution in [3.05, 3.63) is 60.2 Å². The van der Waals surface area contributed by atoms with Gasteiger partial charge in [-0.2, -0.15) is 5.10 Å². The van der Waals surface area contributed by atoms with Crippen molar-refractivity contribution < 1.29 is 14.3 Å². The van der Waals surface area contributed by atoms with Crippen molar-refractivity contribution in [1.82, 2.24) is 0 Å². The number of thioether (sulfide) groups is 2. The maximum Gasteiger partial charge on any atom is 0.365 e. The maximum absolute atomic E-state index is 12.9. The molecule has 2 heterocycles. The first-order valence-corrected chi connectivity index (χ1v) is 10.7. The molecule has 144 valence electrons. The largest absolute Gasteiger partial charge is 0.461 e. The third kappa shape index (κ3) is 3.16. The first-order valence-electron chi connectivity index (χ1n) is 8.89. The molecule has 28 heavy (non-hydrogen) atoms. The molecule has 1 spiro atoms. The number of carbonyl (C=O) groups is 2. The minimum atomic E-state index is -0.907. The first kappa shape index (κ1) is 18.9. The van der Waals surface area contributed by atoms with Crippen LogP contribution in [-0.4, -0.2) is 33.6 Å². The third-order valence-electron chi connectivity index (χ3n) is 4.35. The Bertz CT molecular complexity index is 933. The fourth-order valence-corrected chi connectivity index (χ4v) is 5.83. The molecule has 6 nitrogen and oxygen atoms in total. The molecular weight excluding hydrogens is 394 g/mol. The van der Waals surface area contributed by atoms with Crippen molar-refractivity contribution >= 4 is 51.8 Å². The summed E-state index contributed by atoms with van der Waals surface area (Å²) in [5, 5.41) is 6.57. The molecular formula is C20H19N3O3S2. The number of anilines is 2. The minimum absolute atomic E-state index is 0.0267. The molecule has 1 amide bonds. The Morgan fingerprint density at radius 3 is 2.54 bits per heavy atom. The van der Waals surface area contributed by atoms with E-state index in [1.54, 1.807) is 16.8 Å². The van der Waals surface area contributed by atoms with E-state index in [9.17, 15) is 9.59 Å². The number of rotatable bonds is 4. The summed E-state index contributed by atoms with van der Waals surface area (Å²) >= 11 is 2.70. The minimum Gasteiger partial charge on any atom is -0.461 e. The van der Waals surface area contributed by atoms with Gasteiger partial charge in [0.15, 0.2) is 0 Å². The molecule has 8 heteroatoms. The zero-order valence-corrected chi connectivity index (χ0v) is 17.1. The van der Waals surface area contributed by atoms with Gasteiger partial charge in [0.1, 0.15) is 0 Å². The number of hydrogen-bond acceptors (Lipinski definition) is 7. The number of amides is 1. The highest BCUT2D eigenvalue weighted by molar-refractivity contribution is 8.28. The van der Waals surface area contributed by atoms with Crippen LogP contribution in [0.3, 0.4) is 0 Å². The number of nitrogens with zero attached hydrogens (tertiary/aromatic N) is 3. The van der Waals surface area contributed by atoms with E-state index in [4.69, 9.17) is 4.74 Å². The lowest BCUT2D eigenvalue weighted by Gasteiger charge is -2.39. The van der Waals surface area contributed by atoms with Gasteiger partial charge in [-0.3, -0.25) is 9.69 Å². The summed E-state index contributed by atoms with van der Waals surface area (Å²) in [4.78, 5) is 27.0. The smallest absolute Gasteiger partial charge is 0.365 e. The Labute approximate surface area is 171 Å². The quantitative estimate of drug-likeness (QED) is 0.710. The highest BCUT2D eigenvalue weighted by atomic mass is 32.2. The second-order valence-electron chi connectivity index (χ2n) is 6.28. The summed E-state index contributed by atoms with van der Waals surface area (Å²) in [5.74, 6) is -0.203. The normalized spacial score (nSPS) is 21.4. The molecule has 0 aliphatic carbocycles. The predicted octanol–water partition coefficient (Wildman–Crippen LogP) is 3.82. The van der Waals surface area contributed by atoms with Crippen LogP contribution in [0.25, 0.3) is 0 Å². The number of hydrogen-bond donors (Lipinski definition) is 0. The lowest BCUT2D eigenvalue weighted by atomic mass is 10.2. The highest BCUT2D eigenvalue weighted by Gasteiger charge is 2.58. The van der Waals surface area contributed by atoms with Gasteiger partial charge in [-0.1, -0.05) is 47.7 Å². The van der Waals surface area contributed by atoms with Gasteiger partial charge in [-0.25, -0.2) is 9.80 Å². The molecule has 1 fully saturated rings. The highest BCUT2D eigenvalue weighted by Crippen LogP contribution is 2.55. The van der Waals surface area contributed by atoms with E-state index in [2.05, 4.69) is 5.10 Å². The van der Waals surface area contributed by atoms with E-state index in [1.807, 2.05) is 61.5 Å². The van der Waals surface area contributed by atoms with Gasteiger partial charge in [0, 0.05) is 5.69 Å². The monoisotopic (exact) mass is 413 g/mol. The van der Waals surface area contributed by atoms with E-state index in [0.717, 1.165) is 16.9 Å². The fourth-order valence-electron chi connectivity index (χ4n) is 3.08. The first-order chi connectivity index (χ1) is 13.5. The average molecular weight is 414 g/mol. The predicted molar refractivity (Wildman–Crippen MR) is 114 cm³/mol. The van der Waals surface area contributed by atoms with E-state index >= 15 is 0 Å². The Kier molecular flexibility index (Phi) is 5.07. The van der Waals surface area contributed by atoms with Crippen LogP contribution < -0.4 is 9.91 Å². The molecule has 4 rings (SSSR count). The average Bonchev–Trinajstić information content (AvgIpc) is 3.24. The van der Waals surface area contributed by atoms with Crippen LogP contribution in [0.15, 0.2) is 59.7 Å². The number of hydrazone groups is 1. The molecule has 0 radical (unpaired) electrons. The van der Waals surface area contributed by atoms with Crippen LogP contribution in [0.4, 0.5) is 11.4 Å². The zero-order chi connectivity index (χ0) is 19.7.